The van der Waals surface area contributed by atoms with Gasteiger partial charge in [-0.25, -0.2) is 0 Å². The van der Waals surface area contributed by atoms with Gasteiger partial charge < -0.3 is 4.90 Å². The van der Waals surface area contributed by atoms with E-state index in [1.807, 2.05) is 12.1 Å². The Bertz CT molecular complexity index is 746. The van der Waals surface area contributed by atoms with Crippen molar-refractivity contribution in [2.75, 3.05) is 25.9 Å². The van der Waals surface area contributed by atoms with Crippen molar-refractivity contribution in [1.82, 2.24) is 9.80 Å². The number of hydrogen-bond acceptors (Lipinski definition) is 3. The van der Waals surface area contributed by atoms with Gasteiger partial charge in [0.15, 0.2) is 0 Å². The molecule has 0 saturated carbocycles. The first-order valence-corrected chi connectivity index (χ1v) is 10.7. The van der Waals surface area contributed by atoms with E-state index in [0.717, 1.165) is 38.2 Å². The van der Waals surface area contributed by atoms with Crippen molar-refractivity contribution in [1.29, 1.82) is 0 Å². The van der Waals surface area contributed by atoms with Crippen LogP contribution in [-0.2, 0) is 6.54 Å². The topological polar surface area (TPSA) is 23.6 Å². The number of carbonyl (C=O) groups is 1. The van der Waals surface area contributed by atoms with E-state index in [0.29, 0.717) is 12.0 Å². The average Bonchev–Trinajstić information content (AvgIpc) is 2.99. The molecule has 3 nitrogen and oxygen atoms in total. The molecule has 2 atom stereocenters. The van der Waals surface area contributed by atoms with E-state index in [4.69, 9.17) is 0 Å². The number of amides is 1. The Balaban J connectivity index is 1.48. The molecule has 3 heterocycles. The summed E-state index contributed by atoms with van der Waals surface area (Å²) in [6.07, 6.45) is 4.43. The highest BCUT2D eigenvalue weighted by atomic mass is 32.2. The number of piperidine rings is 1. The van der Waals surface area contributed by atoms with Crippen molar-refractivity contribution in [2.45, 2.75) is 30.3 Å². The van der Waals surface area contributed by atoms with Gasteiger partial charge in [-0.3, -0.25) is 9.69 Å². The standard InChI is InChI=1S/C22H26N2OS/c1-26-21-11-8-19(9-12-21)22(25)24-15-18-7-10-20(24)16-23(14-18)13-17-5-3-2-4-6-17/h2-6,8-9,11-12,18,20H,7,10,13-16H2,1H3/t18-,20+/m1/s1. The molecule has 0 N–H and O–H groups in total. The third-order valence-corrected chi connectivity index (χ3v) is 6.38. The van der Waals surface area contributed by atoms with Gasteiger partial charge >= 0.3 is 0 Å². The zero-order chi connectivity index (χ0) is 17.9. The van der Waals surface area contributed by atoms with Crippen LogP contribution in [0.5, 0.6) is 0 Å². The van der Waals surface area contributed by atoms with Gasteiger partial charge in [0.2, 0.25) is 0 Å². The fourth-order valence-electron chi connectivity index (χ4n) is 4.30. The molecule has 0 aliphatic carbocycles. The summed E-state index contributed by atoms with van der Waals surface area (Å²) < 4.78 is 0. The first-order chi connectivity index (χ1) is 12.7. The van der Waals surface area contributed by atoms with E-state index in [9.17, 15) is 4.79 Å². The fourth-order valence-corrected chi connectivity index (χ4v) is 4.71. The Morgan fingerprint density at radius 2 is 1.77 bits per heavy atom. The molecule has 2 aromatic carbocycles. The van der Waals surface area contributed by atoms with Gasteiger partial charge in [-0.1, -0.05) is 30.3 Å². The van der Waals surface area contributed by atoms with E-state index < -0.39 is 0 Å². The van der Waals surface area contributed by atoms with Gasteiger partial charge in [0.05, 0.1) is 0 Å². The number of nitrogens with zero attached hydrogens (tertiary/aromatic N) is 2. The van der Waals surface area contributed by atoms with Crippen LogP contribution in [0.2, 0.25) is 0 Å². The Labute approximate surface area is 160 Å². The molecular weight excluding hydrogens is 340 g/mol. The Hall–Kier alpha value is -1.78. The third-order valence-electron chi connectivity index (χ3n) is 5.64. The molecule has 0 aromatic heterocycles. The van der Waals surface area contributed by atoms with E-state index in [1.165, 1.54) is 16.9 Å². The van der Waals surface area contributed by atoms with Gasteiger partial charge in [0, 0.05) is 42.7 Å². The number of thioether (sulfide) groups is 1. The minimum atomic E-state index is 0.203. The minimum absolute atomic E-state index is 0.203. The number of benzene rings is 2. The first-order valence-electron chi connectivity index (χ1n) is 9.44. The van der Waals surface area contributed by atoms with Crippen LogP contribution in [0.25, 0.3) is 0 Å². The van der Waals surface area contributed by atoms with Crippen LogP contribution in [-0.4, -0.2) is 47.6 Å². The summed E-state index contributed by atoms with van der Waals surface area (Å²) in [5.41, 5.74) is 2.18. The lowest BCUT2D eigenvalue weighted by atomic mass is 9.94. The Morgan fingerprint density at radius 3 is 2.50 bits per heavy atom. The van der Waals surface area contributed by atoms with Crippen LogP contribution in [0.4, 0.5) is 0 Å². The van der Waals surface area contributed by atoms with Crippen molar-refractivity contribution in [2.24, 2.45) is 5.92 Å². The number of carbonyl (C=O) groups excluding carboxylic acids is 1. The number of fused-ring (bicyclic) bond motifs is 4. The van der Waals surface area contributed by atoms with E-state index in [2.05, 4.69) is 58.5 Å². The molecule has 0 unspecified atom stereocenters. The van der Waals surface area contributed by atoms with Crippen LogP contribution in [0.1, 0.15) is 28.8 Å². The summed E-state index contributed by atoms with van der Waals surface area (Å²) in [6.45, 7) is 3.97. The molecule has 136 valence electrons. The zero-order valence-corrected chi connectivity index (χ0v) is 16.1. The lowest BCUT2D eigenvalue weighted by molar-refractivity contribution is 0.0585. The predicted octanol–water partition coefficient (Wildman–Crippen LogP) is 4.15. The van der Waals surface area contributed by atoms with Crippen LogP contribution in [0.15, 0.2) is 59.5 Å². The largest absolute Gasteiger partial charge is 0.334 e. The third kappa shape index (κ3) is 3.81. The summed E-state index contributed by atoms with van der Waals surface area (Å²) in [5, 5.41) is 0. The summed E-state index contributed by atoms with van der Waals surface area (Å²) >= 11 is 1.71. The maximum absolute atomic E-state index is 13.1. The lowest BCUT2D eigenvalue weighted by Crippen LogP contribution is -2.47. The smallest absolute Gasteiger partial charge is 0.254 e. The molecule has 4 heteroatoms. The van der Waals surface area contributed by atoms with E-state index >= 15 is 0 Å². The van der Waals surface area contributed by atoms with Gasteiger partial charge in [0.25, 0.3) is 5.91 Å². The molecule has 3 aliphatic heterocycles. The summed E-state index contributed by atoms with van der Waals surface area (Å²) in [5.74, 6) is 0.792. The average molecular weight is 367 g/mol. The molecule has 5 rings (SSSR count). The van der Waals surface area contributed by atoms with Crippen molar-refractivity contribution in [3.05, 3.63) is 65.7 Å². The molecule has 3 fully saturated rings. The van der Waals surface area contributed by atoms with Crippen LogP contribution in [0, 0.1) is 5.92 Å². The second-order valence-corrected chi connectivity index (χ2v) is 8.34. The van der Waals surface area contributed by atoms with Crippen molar-refractivity contribution >= 4 is 17.7 Å². The molecule has 3 aliphatic rings. The molecule has 3 saturated heterocycles. The maximum atomic E-state index is 13.1. The van der Waals surface area contributed by atoms with Gasteiger partial charge in [-0.05, 0) is 54.8 Å². The SMILES string of the molecule is CSc1ccc(C(=O)N2C[C@@H]3CC[C@H]2CN(Cc2ccccc2)C3)cc1. The fraction of sp³-hybridized carbons (Fsp3) is 0.409. The second kappa shape index (κ2) is 7.85. The predicted molar refractivity (Wildman–Crippen MR) is 107 cm³/mol. The van der Waals surface area contributed by atoms with Crippen LogP contribution in [0.3, 0.4) is 0 Å². The van der Waals surface area contributed by atoms with Crippen molar-refractivity contribution < 1.29 is 4.79 Å². The Morgan fingerprint density at radius 1 is 1.00 bits per heavy atom. The molecule has 0 radical (unpaired) electrons. The maximum Gasteiger partial charge on any atom is 0.254 e. The second-order valence-electron chi connectivity index (χ2n) is 7.46. The van der Waals surface area contributed by atoms with Gasteiger partial charge in [-0.2, -0.15) is 0 Å². The first kappa shape index (κ1) is 17.6. The monoisotopic (exact) mass is 366 g/mol. The Kier molecular flexibility index (Phi) is 5.32. The molecular formula is C22H26N2OS. The molecule has 0 spiro atoms. The highest BCUT2D eigenvalue weighted by Crippen LogP contribution is 2.30. The molecule has 2 aromatic rings. The number of rotatable bonds is 4. The van der Waals surface area contributed by atoms with Gasteiger partial charge in [0.1, 0.15) is 0 Å². The van der Waals surface area contributed by atoms with Crippen molar-refractivity contribution in [3.63, 3.8) is 0 Å². The normalized spacial score (nSPS) is 23.0. The zero-order valence-electron chi connectivity index (χ0n) is 15.3. The summed E-state index contributed by atoms with van der Waals surface area (Å²) in [6, 6.07) is 19.1. The van der Waals surface area contributed by atoms with Crippen molar-refractivity contribution in [3.8, 4) is 0 Å². The molecule has 1 amide bonds. The number of hydrogen-bond donors (Lipinski definition) is 0. The molecule has 2 bridgehead atoms. The van der Waals surface area contributed by atoms with Crippen LogP contribution >= 0.6 is 11.8 Å². The summed E-state index contributed by atoms with van der Waals surface area (Å²) in [4.78, 5) is 19.0. The van der Waals surface area contributed by atoms with E-state index in [1.54, 1.807) is 11.8 Å². The highest BCUT2D eigenvalue weighted by molar-refractivity contribution is 7.98. The van der Waals surface area contributed by atoms with E-state index in [-0.39, 0.29) is 5.91 Å². The minimum Gasteiger partial charge on any atom is -0.334 e. The quantitative estimate of drug-likeness (QED) is 0.760. The lowest BCUT2D eigenvalue weighted by Gasteiger charge is -2.36. The highest BCUT2D eigenvalue weighted by Gasteiger charge is 2.37. The van der Waals surface area contributed by atoms with Crippen LogP contribution < -0.4 is 0 Å². The molecule has 26 heavy (non-hydrogen) atoms. The summed E-state index contributed by atoms with van der Waals surface area (Å²) in [7, 11) is 0. The van der Waals surface area contributed by atoms with Gasteiger partial charge in [-0.15, -0.1) is 11.8 Å².